The van der Waals surface area contributed by atoms with Crippen molar-refractivity contribution in [1.29, 1.82) is 0 Å². The van der Waals surface area contributed by atoms with Crippen LogP contribution in [-0.2, 0) is 0 Å². The molecule has 1 aromatic carbocycles. The largest absolute Gasteiger partial charge is 0.330 e. The van der Waals surface area contributed by atoms with Gasteiger partial charge in [-0.05, 0) is 19.4 Å². The normalized spacial score (nSPS) is 12.8. The molecular formula is C11H14F4N2. The van der Waals surface area contributed by atoms with Gasteiger partial charge >= 0.3 is 0 Å². The van der Waals surface area contributed by atoms with E-state index in [2.05, 4.69) is 0 Å². The summed E-state index contributed by atoms with van der Waals surface area (Å²) in [7, 11) is 0. The summed E-state index contributed by atoms with van der Waals surface area (Å²) < 4.78 is 52.5. The van der Waals surface area contributed by atoms with Gasteiger partial charge in [0.1, 0.15) is 0 Å². The third-order valence-corrected chi connectivity index (χ3v) is 2.49. The quantitative estimate of drug-likeness (QED) is 0.479. The maximum Gasteiger partial charge on any atom is 0.166 e. The third-order valence-electron chi connectivity index (χ3n) is 2.49. The van der Waals surface area contributed by atoms with Crippen LogP contribution < -0.4 is 11.5 Å². The van der Waals surface area contributed by atoms with Gasteiger partial charge in [-0.15, -0.1) is 0 Å². The second kappa shape index (κ2) is 5.97. The van der Waals surface area contributed by atoms with Crippen LogP contribution in [0.3, 0.4) is 0 Å². The third kappa shape index (κ3) is 3.17. The Labute approximate surface area is 96.6 Å². The second-order valence-electron chi connectivity index (χ2n) is 3.77. The smallest absolute Gasteiger partial charge is 0.166 e. The van der Waals surface area contributed by atoms with Crippen LogP contribution in [0.15, 0.2) is 6.07 Å². The topological polar surface area (TPSA) is 52.0 Å². The average Bonchev–Trinajstić information content (AvgIpc) is 2.27. The highest BCUT2D eigenvalue weighted by molar-refractivity contribution is 5.25. The van der Waals surface area contributed by atoms with Gasteiger partial charge in [0.05, 0.1) is 0 Å². The SMILES string of the molecule is NCCCC[C@@H](N)c1c(F)c(F)cc(F)c1F. The minimum absolute atomic E-state index is 0.167. The minimum Gasteiger partial charge on any atom is -0.330 e. The lowest BCUT2D eigenvalue weighted by atomic mass is 10.00. The van der Waals surface area contributed by atoms with E-state index in [1.807, 2.05) is 0 Å². The number of halogens is 4. The second-order valence-corrected chi connectivity index (χ2v) is 3.77. The van der Waals surface area contributed by atoms with Crippen molar-refractivity contribution in [3.63, 3.8) is 0 Å². The Morgan fingerprint density at radius 3 is 2.00 bits per heavy atom. The fraction of sp³-hybridized carbons (Fsp3) is 0.455. The number of hydrogen-bond acceptors (Lipinski definition) is 2. The van der Waals surface area contributed by atoms with Gasteiger partial charge in [0.15, 0.2) is 23.3 Å². The van der Waals surface area contributed by atoms with Gasteiger partial charge in [0, 0.05) is 17.7 Å². The van der Waals surface area contributed by atoms with Gasteiger partial charge in [0.25, 0.3) is 0 Å². The van der Waals surface area contributed by atoms with Crippen LogP contribution in [0.1, 0.15) is 30.9 Å². The lowest BCUT2D eigenvalue weighted by Crippen LogP contribution is -2.17. The highest BCUT2D eigenvalue weighted by Gasteiger charge is 2.23. The van der Waals surface area contributed by atoms with Crippen LogP contribution in [0.5, 0.6) is 0 Å². The van der Waals surface area contributed by atoms with Crippen molar-refractivity contribution in [3.05, 3.63) is 34.9 Å². The molecule has 2 nitrogen and oxygen atoms in total. The molecule has 0 fully saturated rings. The van der Waals surface area contributed by atoms with Crippen LogP contribution in [0.2, 0.25) is 0 Å². The van der Waals surface area contributed by atoms with Crippen molar-refractivity contribution < 1.29 is 17.6 Å². The van der Waals surface area contributed by atoms with Gasteiger partial charge in [-0.3, -0.25) is 0 Å². The molecule has 0 spiro atoms. The maximum absolute atomic E-state index is 13.3. The Hall–Kier alpha value is -1.14. The first kappa shape index (κ1) is 13.9. The molecule has 0 amide bonds. The van der Waals surface area contributed by atoms with E-state index in [0.717, 1.165) is 0 Å². The highest BCUT2D eigenvalue weighted by Crippen LogP contribution is 2.26. The minimum atomic E-state index is -1.44. The molecule has 0 heterocycles. The molecule has 6 heteroatoms. The van der Waals surface area contributed by atoms with Gasteiger partial charge in [-0.2, -0.15) is 0 Å². The molecule has 0 unspecified atom stereocenters. The predicted octanol–water partition coefficient (Wildman–Crippen LogP) is 2.37. The van der Waals surface area contributed by atoms with Crippen molar-refractivity contribution in [2.45, 2.75) is 25.3 Å². The fourth-order valence-electron chi connectivity index (χ4n) is 1.57. The first-order valence-electron chi connectivity index (χ1n) is 5.27. The van der Waals surface area contributed by atoms with E-state index >= 15 is 0 Å². The summed E-state index contributed by atoms with van der Waals surface area (Å²) in [5.41, 5.74) is 10.0. The first-order chi connectivity index (χ1) is 7.99. The Balaban J connectivity index is 2.95. The lowest BCUT2D eigenvalue weighted by molar-refractivity contribution is 0.419. The Bertz CT molecular complexity index is 369. The zero-order valence-electron chi connectivity index (χ0n) is 9.15. The molecule has 0 bridgehead atoms. The molecule has 17 heavy (non-hydrogen) atoms. The summed E-state index contributed by atoms with van der Waals surface area (Å²) in [6, 6.07) is -0.910. The van der Waals surface area contributed by atoms with Crippen LogP contribution in [-0.4, -0.2) is 6.54 Å². The number of nitrogens with two attached hydrogens (primary N) is 2. The Kier molecular flexibility index (Phi) is 4.89. The van der Waals surface area contributed by atoms with Crippen LogP contribution in [0, 0.1) is 23.3 Å². The molecule has 1 rings (SSSR count). The summed E-state index contributed by atoms with van der Waals surface area (Å²) in [6.45, 7) is 0.426. The Morgan fingerprint density at radius 1 is 1.00 bits per heavy atom. The van der Waals surface area contributed by atoms with Crippen molar-refractivity contribution in [2.24, 2.45) is 11.5 Å². The molecule has 0 aliphatic heterocycles. The zero-order valence-corrected chi connectivity index (χ0v) is 9.15. The molecule has 0 saturated carbocycles. The zero-order chi connectivity index (χ0) is 13.0. The molecule has 96 valence electrons. The summed E-state index contributed by atoms with van der Waals surface area (Å²) in [4.78, 5) is 0. The van der Waals surface area contributed by atoms with Gasteiger partial charge in [-0.1, -0.05) is 6.42 Å². The van der Waals surface area contributed by atoms with E-state index in [1.165, 1.54) is 0 Å². The van der Waals surface area contributed by atoms with Gasteiger partial charge in [0.2, 0.25) is 0 Å². The number of rotatable bonds is 5. The van der Waals surface area contributed by atoms with Crippen molar-refractivity contribution in [1.82, 2.24) is 0 Å². The van der Waals surface area contributed by atoms with E-state index in [1.54, 1.807) is 0 Å². The molecule has 4 N–H and O–H groups in total. The Morgan fingerprint density at radius 2 is 1.53 bits per heavy atom. The summed E-state index contributed by atoms with van der Waals surface area (Å²) in [5.74, 6) is -5.73. The number of hydrogen-bond donors (Lipinski definition) is 2. The van der Waals surface area contributed by atoms with E-state index in [4.69, 9.17) is 11.5 Å². The van der Waals surface area contributed by atoms with Gasteiger partial charge in [-0.25, -0.2) is 17.6 Å². The molecule has 0 aromatic heterocycles. The van der Waals surface area contributed by atoms with Crippen LogP contribution >= 0.6 is 0 Å². The number of benzene rings is 1. The lowest BCUT2D eigenvalue weighted by Gasteiger charge is -2.14. The molecule has 0 saturated heterocycles. The molecule has 0 radical (unpaired) electrons. The highest BCUT2D eigenvalue weighted by atomic mass is 19.2. The fourth-order valence-corrected chi connectivity index (χ4v) is 1.57. The van der Waals surface area contributed by atoms with E-state index in [9.17, 15) is 17.6 Å². The summed E-state index contributed by atoms with van der Waals surface area (Å²) >= 11 is 0. The van der Waals surface area contributed by atoms with Crippen molar-refractivity contribution in [3.8, 4) is 0 Å². The molecule has 1 atom stereocenters. The van der Waals surface area contributed by atoms with Crippen molar-refractivity contribution in [2.75, 3.05) is 6.54 Å². The molecule has 1 aromatic rings. The average molecular weight is 250 g/mol. The maximum atomic E-state index is 13.3. The van der Waals surface area contributed by atoms with Crippen molar-refractivity contribution >= 4 is 0 Å². The van der Waals surface area contributed by atoms with Crippen LogP contribution in [0.4, 0.5) is 17.6 Å². The summed E-state index contributed by atoms with van der Waals surface area (Å²) in [5, 5.41) is 0. The van der Waals surface area contributed by atoms with E-state index < -0.39 is 34.9 Å². The predicted molar refractivity (Wildman–Crippen MR) is 56.1 cm³/mol. The molecule has 0 aliphatic carbocycles. The monoisotopic (exact) mass is 250 g/mol. The molecule has 0 aliphatic rings. The van der Waals surface area contributed by atoms with E-state index in [-0.39, 0.29) is 12.5 Å². The summed E-state index contributed by atoms with van der Waals surface area (Å²) in [6.07, 6.45) is 1.39. The first-order valence-corrected chi connectivity index (χ1v) is 5.27. The van der Waals surface area contributed by atoms with Gasteiger partial charge < -0.3 is 11.5 Å². The number of unbranched alkanes of at least 4 members (excludes halogenated alkanes) is 1. The molecular weight excluding hydrogens is 236 g/mol. The van der Waals surface area contributed by atoms with Crippen LogP contribution in [0.25, 0.3) is 0 Å². The van der Waals surface area contributed by atoms with E-state index in [0.29, 0.717) is 19.4 Å². The standard InChI is InChI=1S/C11H14F4N2/c12-6-5-7(13)11(15)9(10(6)14)8(17)3-1-2-4-16/h5,8H,1-4,16-17H2/t8-/m1/s1.